The highest BCUT2D eigenvalue weighted by Crippen LogP contribution is 2.26. The summed E-state index contributed by atoms with van der Waals surface area (Å²) in [7, 11) is 0. The van der Waals surface area contributed by atoms with Gasteiger partial charge in [0.25, 0.3) is 0 Å². The third kappa shape index (κ3) is 2.88. The molecule has 0 saturated carbocycles. The molecule has 0 aliphatic heterocycles. The highest BCUT2D eigenvalue weighted by atomic mass is 14.9. The van der Waals surface area contributed by atoms with Crippen molar-refractivity contribution in [2.45, 2.75) is 12.3 Å². The molecule has 2 nitrogen and oxygen atoms in total. The Hall–Kier alpha value is -2.79. The van der Waals surface area contributed by atoms with Gasteiger partial charge in [0.05, 0.1) is 12.0 Å². The molecule has 102 valence electrons. The molecule has 21 heavy (non-hydrogen) atoms. The van der Waals surface area contributed by atoms with Gasteiger partial charge in [0, 0.05) is 18.1 Å². The van der Waals surface area contributed by atoms with E-state index in [0.717, 1.165) is 17.7 Å². The summed E-state index contributed by atoms with van der Waals surface area (Å²) >= 11 is 0. The zero-order valence-corrected chi connectivity index (χ0v) is 11.7. The minimum absolute atomic E-state index is 0.147. The Morgan fingerprint density at radius 2 is 1.52 bits per heavy atom. The van der Waals surface area contributed by atoms with Gasteiger partial charge in [0.2, 0.25) is 0 Å². The van der Waals surface area contributed by atoms with E-state index in [4.69, 9.17) is 0 Å². The van der Waals surface area contributed by atoms with E-state index in [1.165, 1.54) is 5.56 Å². The molecule has 2 heteroatoms. The first-order chi connectivity index (χ1) is 10.4. The van der Waals surface area contributed by atoms with Crippen molar-refractivity contribution in [2.75, 3.05) is 0 Å². The van der Waals surface area contributed by atoms with Gasteiger partial charge in [-0.15, -0.1) is 0 Å². The van der Waals surface area contributed by atoms with Crippen molar-refractivity contribution in [1.82, 2.24) is 4.57 Å². The number of para-hydroxylation sites is 1. The van der Waals surface area contributed by atoms with Crippen LogP contribution < -0.4 is 0 Å². The lowest BCUT2D eigenvalue weighted by Crippen LogP contribution is -2.05. The monoisotopic (exact) mass is 272 g/mol. The fourth-order valence-corrected chi connectivity index (χ4v) is 2.59. The van der Waals surface area contributed by atoms with Gasteiger partial charge < -0.3 is 4.57 Å². The summed E-state index contributed by atoms with van der Waals surface area (Å²) in [6, 6.07) is 24.7. The Balaban J connectivity index is 1.97. The van der Waals surface area contributed by atoms with E-state index in [1.807, 2.05) is 60.9 Å². The fourth-order valence-electron chi connectivity index (χ4n) is 2.59. The first kappa shape index (κ1) is 13.2. The SMILES string of the molecule is N#CC(Cc1ccccc1)c1ccccc1-n1cccc1. The van der Waals surface area contributed by atoms with Crippen LogP contribution in [0, 0.1) is 11.3 Å². The Labute approximate surface area is 124 Å². The molecule has 1 aromatic heterocycles. The molecule has 0 bridgehead atoms. The molecular formula is C19H16N2. The molecule has 2 aromatic carbocycles. The van der Waals surface area contributed by atoms with Crippen LogP contribution >= 0.6 is 0 Å². The number of nitrogens with zero attached hydrogens (tertiary/aromatic N) is 2. The summed E-state index contributed by atoms with van der Waals surface area (Å²) in [6.45, 7) is 0. The fraction of sp³-hybridized carbons (Fsp3) is 0.105. The van der Waals surface area contributed by atoms with Crippen LogP contribution in [-0.4, -0.2) is 4.57 Å². The smallest absolute Gasteiger partial charge is 0.0773 e. The first-order valence-electron chi connectivity index (χ1n) is 7.04. The topological polar surface area (TPSA) is 28.7 Å². The average Bonchev–Trinajstić information content (AvgIpc) is 3.08. The van der Waals surface area contributed by atoms with Gasteiger partial charge in [0.1, 0.15) is 0 Å². The zero-order chi connectivity index (χ0) is 14.5. The van der Waals surface area contributed by atoms with Crippen molar-refractivity contribution in [3.05, 3.63) is 90.3 Å². The minimum Gasteiger partial charge on any atom is -0.324 e. The van der Waals surface area contributed by atoms with Crippen molar-refractivity contribution >= 4 is 0 Å². The highest BCUT2D eigenvalue weighted by molar-refractivity contribution is 5.46. The third-order valence-corrected chi connectivity index (χ3v) is 3.63. The van der Waals surface area contributed by atoms with E-state index >= 15 is 0 Å². The maximum absolute atomic E-state index is 9.60. The molecule has 0 aliphatic rings. The predicted octanol–water partition coefficient (Wildman–Crippen LogP) is 4.33. The molecule has 0 amide bonds. The molecule has 0 spiro atoms. The number of benzene rings is 2. The second kappa shape index (κ2) is 6.11. The second-order valence-corrected chi connectivity index (χ2v) is 5.02. The normalized spacial score (nSPS) is 11.8. The number of hydrogen-bond acceptors (Lipinski definition) is 1. The lowest BCUT2D eigenvalue weighted by atomic mass is 9.92. The Kier molecular flexibility index (Phi) is 3.84. The number of rotatable bonds is 4. The van der Waals surface area contributed by atoms with Crippen molar-refractivity contribution < 1.29 is 0 Å². The van der Waals surface area contributed by atoms with Crippen LogP contribution in [0.5, 0.6) is 0 Å². The largest absolute Gasteiger partial charge is 0.324 e. The molecule has 0 aliphatic carbocycles. The number of hydrogen-bond donors (Lipinski definition) is 0. The Bertz CT molecular complexity index is 737. The van der Waals surface area contributed by atoms with Crippen molar-refractivity contribution in [2.24, 2.45) is 0 Å². The molecule has 1 heterocycles. The van der Waals surface area contributed by atoms with Crippen LogP contribution in [0.3, 0.4) is 0 Å². The van der Waals surface area contributed by atoms with Crippen LogP contribution in [0.15, 0.2) is 79.1 Å². The van der Waals surface area contributed by atoms with E-state index in [2.05, 4.69) is 28.8 Å². The van der Waals surface area contributed by atoms with E-state index in [9.17, 15) is 5.26 Å². The van der Waals surface area contributed by atoms with Crippen LogP contribution in [0.2, 0.25) is 0 Å². The minimum atomic E-state index is -0.147. The molecule has 0 radical (unpaired) electrons. The lowest BCUT2D eigenvalue weighted by Gasteiger charge is -2.15. The van der Waals surface area contributed by atoms with Gasteiger partial charge in [-0.25, -0.2) is 0 Å². The van der Waals surface area contributed by atoms with E-state index in [1.54, 1.807) is 0 Å². The summed E-state index contributed by atoms with van der Waals surface area (Å²) in [4.78, 5) is 0. The molecule has 1 atom stereocenters. The van der Waals surface area contributed by atoms with Crippen LogP contribution in [-0.2, 0) is 6.42 Å². The van der Waals surface area contributed by atoms with Gasteiger partial charge >= 0.3 is 0 Å². The molecule has 1 unspecified atom stereocenters. The van der Waals surface area contributed by atoms with E-state index < -0.39 is 0 Å². The quantitative estimate of drug-likeness (QED) is 0.695. The van der Waals surface area contributed by atoms with Gasteiger partial charge in [0.15, 0.2) is 0 Å². The summed E-state index contributed by atoms with van der Waals surface area (Å²) in [5, 5.41) is 9.60. The maximum atomic E-state index is 9.60. The van der Waals surface area contributed by atoms with E-state index in [-0.39, 0.29) is 5.92 Å². The molecule has 3 aromatic rings. The van der Waals surface area contributed by atoms with Gasteiger partial charge in [-0.1, -0.05) is 48.5 Å². The number of nitriles is 1. The van der Waals surface area contributed by atoms with Crippen LogP contribution in [0.4, 0.5) is 0 Å². The first-order valence-corrected chi connectivity index (χ1v) is 7.04. The summed E-state index contributed by atoms with van der Waals surface area (Å²) in [5.41, 5.74) is 3.33. The standard InChI is InChI=1S/C19H16N2/c20-15-17(14-16-8-2-1-3-9-16)18-10-4-5-11-19(18)21-12-6-7-13-21/h1-13,17H,14H2. The predicted molar refractivity (Wildman–Crippen MR) is 84.3 cm³/mol. The van der Waals surface area contributed by atoms with Crippen molar-refractivity contribution in [3.8, 4) is 11.8 Å². The van der Waals surface area contributed by atoms with E-state index in [0.29, 0.717) is 0 Å². The van der Waals surface area contributed by atoms with Crippen LogP contribution in [0.1, 0.15) is 17.0 Å². The molecule has 0 N–H and O–H groups in total. The summed E-state index contributed by atoms with van der Waals surface area (Å²) in [5.74, 6) is -0.147. The van der Waals surface area contributed by atoms with Gasteiger partial charge in [-0.3, -0.25) is 0 Å². The van der Waals surface area contributed by atoms with Crippen molar-refractivity contribution in [1.29, 1.82) is 5.26 Å². The lowest BCUT2D eigenvalue weighted by molar-refractivity contribution is 0.834. The Morgan fingerprint density at radius 1 is 0.857 bits per heavy atom. The Morgan fingerprint density at radius 3 is 2.24 bits per heavy atom. The number of aromatic nitrogens is 1. The molecular weight excluding hydrogens is 256 g/mol. The summed E-state index contributed by atoms with van der Waals surface area (Å²) < 4.78 is 2.06. The maximum Gasteiger partial charge on any atom is 0.0773 e. The highest BCUT2D eigenvalue weighted by Gasteiger charge is 2.15. The van der Waals surface area contributed by atoms with Crippen molar-refractivity contribution in [3.63, 3.8) is 0 Å². The zero-order valence-electron chi connectivity index (χ0n) is 11.7. The molecule has 0 fully saturated rings. The second-order valence-electron chi connectivity index (χ2n) is 5.02. The molecule has 0 saturated heterocycles. The average molecular weight is 272 g/mol. The van der Waals surface area contributed by atoms with Crippen LogP contribution in [0.25, 0.3) is 5.69 Å². The summed E-state index contributed by atoms with van der Waals surface area (Å²) in [6.07, 6.45) is 4.75. The van der Waals surface area contributed by atoms with Gasteiger partial charge in [-0.2, -0.15) is 5.26 Å². The third-order valence-electron chi connectivity index (χ3n) is 3.63. The van der Waals surface area contributed by atoms with Gasteiger partial charge in [-0.05, 0) is 35.7 Å². The molecule has 3 rings (SSSR count).